The molecule has 0 saturated carbocycles. The molecule has 0 radical (unpaired) electrons. The molecule has 5 N–H and O–H groups in total. The molecule has 52 heavy (non-hydrogen) atoms. The molecule has 10 heteroatoms. The van der Waals surface area contributed by atoms with Crippen molar-refractivity contribution in [2.45, 2.75) is 154 Å². The van der Waals surface area contributed by atoms with E-state index in [0.717, 1.165) is 37.1 Å². The average Bonchev–Trinajstić information content (AvgIpc) is 3.84. The van der Waals surface area contributed by atoms with Crippen molar-refractivity contribution in [3.63, 3.8) is 0 Å². The van der Waals surface area contributed by atoms with Crippen molar-refractivity contribution in [1.82, 2.24) is 5.32 Å². The van der Waals surface area contributed by atoms with Crippen LogP contribution in [-0.2, 0) is 25.5 Å². The molecule has 10 nitrogen and oxygen atoms in total. The zero-order valence-corrected chi connectivity index (χ0v) is 33.1. The van der Waals surface area contributed by atoms with Crippen molar-refractivity contribution in [3.8, 4) is 0 Å². The third kappa shape index (κ3) is 14.3. The normalized spacial score (nSPS) is 26.5. The van der Waals surface area contributed by atoms with Crippen LogP contribution in [0.2, 0.25) is 0 Å². The van der Waals surface area contributed by atoms with Crippen LogP contribution in [0.3, 0.4) is 0 Å². The first-order chi connectivity index (χ1) is 24.4. The van der Waals surface area contributed by atoms with Crippen LogP contribution in [0.15, 0.2) is 60.2 Å². The number of carboxylic acid groups (broad SMARTS) is 1. The molecule has 2 aliphatic rings. The highest BCUT2D eigenvalue weighted by Crippen LogP contribution is 2.39. The van der Waals surface area contributed by atoms with E-state index >= 15 is 0 Å². The molecular formula is C42H68N2O8. The fraction of sp³-hybridized carbons (Fsp3) is 0.690. The fourth-order valence-corrected chi connectivity index (χ4v) is 7.48. The van der Waals surface area contributed by atoms with Gasteiger partial charge in [0.25, 0.3) is 0 Å². The Balaban J connectivity index is 1.62. The number of epoxide rings is 1. The van der Waals surface area contributed by atoms with Crippen LogP contribution >= 0.6 is 0 Å². The van der Waals surface area contributed by atoms with Gasteiger partial charge in [-0.3, -0.25) is 4.79 Å². The number of carbonyl (C=O) groups is 1. The number of rotatable bonds is 22. The fourth-order valence-electron chi connectivity index (χ4n) is 7.48. The second kappa shape index (κ2) is 20.2. The lowest BCUT2D eigenvalue weighted by Gasteiger charge is -2.37. The SMILES string of the molecule is CC[C@H](OC)[C@@H](C)[C@H]1O[C@@H]1C(NCc1ccc(N2CC(C)OC(C)C2)cc1)C(C)(O)/C=C/C=C(\C)C[C@@H](C)/C=C/C[C@](C)(O)CC[C@@H](O)CC(=O)O. The van der Waals surface area contributed by atoms with Gasteiger partial charge in [-0.2, -0.15) is 0 Å². The van der Waals surface area contributed by atoms with E-state index in [2.05, 4.69) is 82.1 Å². The number of benzene rings is 1. The van der Waals surface area contributed by atoms with Crippen LogP contribution in [-0.4, -0.2) is 100 Å². The summed E-state index contributed by atoms with van der Waals surface area (Å²) in [6, 6.07) is 8.28. The Bertz CT molecular complexity index is 1310. The summed E-state index contributed by atoms with van der Waals surface area (Å²) in [6.07, 6.45) is 11.5. The molecule has 2 aliphatic heterocycles. The molecule has 0 spiro atoms. The van der Waals surface area contributed by atoms with Crippen molar-refractivity contribution in [3.05, 3.63) is 65.8 Å². The lowest BCUT2D eigenvalue weighted by Crippen LogP contribution is -2.52. The van der Waals surface area contributed by atoms with E-state index in [0.29, 0.717) is 19.4 Å². The van der Waals surface area contributed by atoms with Crippen molar-refractivity contribution in [1.29, 1.82) is 0 Å². The number of methoxy groups -OCH3 is 1. The summed E-state index contributed by atoms with van der Waals surface area (Å²) in [4.78, 5) is 13.2. The molecule has 11 atom stereocenters. The number of hydrogen-bond acceptors (Lipinski definition) is 9. The quantitative estimate of drug-likeness (QED) is 0.0534. The van der Waals surface area contributed by atoms with Crippen molar-refractivity contribution in [2.24, 2.45) is 11.8 Å². The van der Waals surface area contributed by atoms with Crippen molar-refractivity contribution in [2.75, 3.05) is 25.1 Å². The predicted octanol–water partition coefficient (Wildman–Crippen LogP) is 6.18. The van der Waals surface area contributed by atoms with E-state index in [4.69, 9.17) is 19.3 Å². The largest absolute Gasteiger partial charge is 0.481 e. The van der Waals surface area contributed by atoms with E-state index in [1.807, 2.05) is 31.2 Å². The van der Waals surface area contributed by atoms with Gasteiger partial charge in [-0.05, 0) is 90.3 Å². The van der Waals surface area contributed by atoms with Gasteiger partial charge in [-0.1, -0.05) is 68.9 Å². The van der Waals surface area contributed by atoms with Crippen molar-refractivity contribution >= 4 is 11.7 Å². The van der Waals surface area contributed by atoms with Crippen LogP contribution in [0, 0.1) is 11.8 Å². The number of carboxylic acids is 1. The Hall–Kier alpha value is -2.57. The maximum Gasteiger partial charge on any atom is 0.305 e. The predicted molar refractivity (Wildman–Crippen MR) is 207 cm³/mol. The van der Waals surface area contributed by atoms with Gasteiger partial charge in [0.1, 0.15) is 6.10 Å². The maximum atomic E-state index is 11.9. The Labute approximate surface area is 312 Å². The van der Waals surface area contributed by atoms with E-state index < -0.39 is 23.3 Å². The van der Waals surface area contributed by atoms with Crippen LogP contribution < -0.4 is 10.2 Å². The molecule has 1 aromatic carbocycles. The van der Waals surface area contributed by atoms with Crippen molar-refractivity contribution < 1.29 is 39.4 Å². The Morgan fingerprint density at radius 2 is 1.73 bits per heavy atom. The average molecular weight is 729 g/mol. The molecule has 0 amide bonds. The van der Waals surface area contributed by atoms with Gasteiger partial charge >= 0.3 is 5.97 Å². The highest BCUT2D eigenvalue weighted by atomic mass is 16.6. The second-order valence-electron chi connectivity index (χ2n) is 16.0. The minimum atomic E-state index is -1.19. The first kappa shape index (κ1) is 43.8. The first-order valence-electron chi connectivity index (χ1n) is 19.2. The van der Waals surface area contributed by atoms with Crippen LogP contribution in [0.1, 0.15) is 99.5 Å². The lowest BCUT2D eigenvalue weighted by atomic mass is 9.87. The molecule has 2 fully saturated rings. The third-order valence-electron chi connectivity index (χ3n) is 10.5. The molecule has 294 valence electrons. The number of nitrogens with one attached hydrogen (secondary N) is 1. The lowest BCUT2D eigenvalue weighted by molar-refractivity contribution is -0.139. The van der Waals surface area contributed by atoms with Crippen LogP contribution in [0.5, 0.6) is 0 Å². The van der Waals surface area contributed by atoms with E-state index in [-0.39, 0.29) is 61.2 Å². The second-order valence-corrected chi connectivity index (χ2v) is 16.0. The van der Waals surface area contributed by atoms with Gasteiger partial charge < -0.3 is 44.9 Å². The van der Waals surface area contributed by atoms with E-state index in [9.17, 15) is 20.1 Å². The monoisotopic (exact) mass is 728 g/mol. The van der Waals surface area contributed by atoms with Gasteiger partial charge in [-0.15, -0.1) is 0 Å². The summed E-state index contributed by atoms with van der Waals surface area (Å²) in [5.74, 6) is -0.636. The Morgan fingerprint density at radius 1 is 1.08 bits per heavy atom. The van der Waals surface area contributed by atoms with E-state index in [1.54, 1.807) is 14.0 Å². The number of hydrogen-bond donors (Lipinski definition) is 5. The number of aliphatic hydroxyl groups is 3. The van der Waals surface area contributed by atoms with Gasteiger partial charge in [0, 0.05) is 38.3 Å². The zero-order chi connectivity index (χ0) is 38.6. The Kier molecular flexibility index (Phi) is 17.0. The van der Waals surface area contributed by atoms with Crippen LogP contribution in [0.25, 0.3) is 0 Å². The van der Waals surface area contributed by atoms with Crippen LogP contribution in [0.4, 0.5) is 5.69 Å². The molecule has 0 aromatic heterocycles. The summed E-state index contributed by atoms with van der Waals surface area (Å²) in [5, 5.41) is 44.9. The molecule has 0 aliphatic carbocycles. The number of ether oxygens (including phenoxy) is 3. The highest BCUT2D eigenvalue weighted by Gasteiger charge is 2.54. The summed E-state index contributed by atoms with van der Waals surface area (Å²) < 4.78 is 17.9. The summed E-state index contributed by atoms with van der Waals surface area (Å²) in [7, 11) is 1.74. The molecule has 2 heterocycles. The Morgan fingerprint density at radius 3 is 2.33 bits per heavy atom. The van der Waals surface area contributed by atoms with Gasteiger partial charge in [-0.25, -0.2) is 0 Å². The topological polar surface area (TPSA) is 144 Å². The number of allylic oxidation sites excluding steroid dienone is 4. The minimum Gasteiger partial charge on any atom is -0.481 e. The number of morpholine rings is 1. The third-order valence-corrected chi connectivity index (χ3v) is 10.5. The van der Waals surface area contributed by atoms with E-state index in [1.165, 1.54) is 5.69 Å². The number of nitrogens with zero attached hydrogens (tertiary/aromatic N) is 1. The highest BCUT2D eigenvalue weighted by molar-refractivity contribution is 5.67. The molecule has 3 rings (SSSR count). The van der Waals surface area contributed by atoms with Gasteiger partial charge in [0.15, 0.2) is 0 Å². The number of aliphatic hydroxyl groups excluding tert-OH is 1. The standard InChI is InChI=1S/C42H68N2O8/c1-10-36(50-9)32(6)38-39(52-38)40(43-25-33-15-17-34(18-16-33)44-26-30(4)51-31(5)27-44)42(8,49)21-12-14-29(3)23-28(2)13-11-20-41(7,48)22-19-35(45)24-37(46)47/h11-18,21,28,30-32,35-36,38-40,43,45,48-49H,10,19-20,22-27H2,1-9H3,(H,46,47)/b13-11+,21-12+,29-14+/t28-,30?,31?,32+,35+,36-,38+,39-,40?,41-,42?/m0/s1. The molecular weight excluding hydrogens is 660 g/mol. The summed E-state index contributed by atoms with van der Waals surface area (Å²) in [6.45, 7) is 18.6. The maximum absolute atomic E-state index is 11.9. The number of aliphatic carboxylic acids is 1. The molecule has 2 saturated heterocycles. The van der Waals surface area contributed by atoms with Gasteiger partial charge in [0.2, 0.25) is 0 Å². The van der Waals surface area contributed by atoms with Gasteiger partial charge in [0.05, 0.1) is 54.2 Å². The minimum absolute atomic E-state index is 0.0181. The number of anilines is 1. The summed E-state index contributed by atoms with van der Waals surface area (Å²) >= 11 is 0. The first-order valence-corrected chi connectivity index (χ1v) is 19.2. The molecule has 1 aromatic rings. The molecule has 0 bridgehead atoms. The smallest absolute Gasteiger partial charge is 0.305 e. The zero-order valence-electron chi connectivity index (χ0n) is 33.1. The molecule has 4 unspecified atom stereocenters. The summed E-state index contributed by atoms with van der Waals surface area (Å²) in [5.41, 5.74) is 1.26.